The maximum Gasteiger partial charge on any atom is 0.120 e. The molecule has 1 saturated heterocycles. The van der Waals surface area contributed by atoms with Crippen molar-refractivity contribution < 1.29 is 4.42 Å². The highest BCUT2D eigenvalue weighted by molar-refractivity contribution is 5.03. The maximum absolute atomic E-state index is 5.42. The first-order valence-electron chi connectivity index (χ1n) is 5.74. The van der Waals surface area contributed by atoms with Crippen LogP contribution in [0.5, 0.6) is 0 Å². The lowest BCUT2D eigenvalue weighted by molar-refractivity contribution is 0.213. The van der Waals surface area contributed by atoms with Gasteiger partial charge in [-0.15, -0.1) is 0 Å². The first kappa shape index (κ1) is 10.7. The Kier molecular flexibility index (Phi) is 3.44. The van der Waals surface area contributed by atoms with Crippen LogP contribution in [-0.4, -0.2) is 31.1 Å². The van der Waals surface area contributed by atoms with Crippen LogP contribution in [0.25, 0.3) is 0 Å². The predicted molar refractivity (Wildman–Crippen MR) is 60.8 cm³/mol. The first-order chi connectivity index (χ1) is 7.27. The number of hydrogen-bond donors (Lipinski definition) is 1. The zero-order chi connectivity index (χ0) is 10.7. The average Bonchev–Trinajstić information content (AvgIpc) is 2.88. The summed E-state index contributed by atoms with van der Waals surface area (Å²) in [6.45, 7) is 4.46. The van der Waals surface area contributed by atoms with E-state index in [1.165, 1.54) is 19.4 Å². The molecule has 84 valence electrons. The van der Waals surface area contributed by atoms with E-state index in [-0.39, 0.29) is 0 Å². The van der Waals surface area contributed by atoms with E-state index in [1.54, 1.807) is 6.26 Å². The molecule has 0 unspecified atom stereocenters. The van der Waals surface area contributed by atoms with Crippen LogP contribution >= 0.6 is 0 Å². The minimum Gasteiger partial charge on any atom is -0.468 e. The van der Waals surface area contributed by atoms with Gasteiger partial charge in [0, 0.05) is 12.6 Å². The monoisotopic (exact) mass is 208 g/mol. The van der Waals surface area contributed by atoms with Gasteiger partial charge in [0.2, 0.25) is 0 Å². The number of nitrogens with one attached hydrogen (secondary N) is 1. The number of hydrogen-bond acceptors (Lipinski definition) is 3. The van der Waals surface area contributed by atoms with Crippen molar-refractivity contribution in [2.45, 2.75) is 31.8 Å². The topological polar surface area (TPSA) is 28.4 Å². The molecule has 0 spiro atoms. The molecule has 1 N–H and O–H groups in total. The lowest BCUT2D eigenvalue weighted by Crippen LogP contribution is -2.36. The fourth-order valence-corrected chi connectivity index (χ4v) is 2.16. The second-order valence-corrected chi connectivity index (χ2v) is 4.42. The highest BCUT2D eigenvalue weighted by Crippen LogP contribution is 2.20. The Morgan fingerprint density at radius 2 is 2.53 bits per heavy atom. The summed E-state index contributed by atoms with van der Waals surface area (Å²) in [6.07, 6.45) is 4.36. The molecule has 0 radical (unpaired) electrons. The van der Waals surface area contributed by atoms with E-state index in [0.29, 0.717) is 12.1 Å². The molecule has 2 heterocycles. The lowest BCUT2D eigenvalue weighted by atomic mass is 10.1. The van der Waals surface area contributed by atoms with Gasteiger partial charge in [-0.05, 0) is 45.5 Å². The standard InChI is InChI=1S/C12H20N2O/c1-10(12-6-4-8-15-12)14(2)9-11-5-3-7-13-11/h4,6,8,10-11,13H,3,5,7,9H2,1-2H3/t10-,11+/m0/s1. The Morgan fingerprint density at radius 3 is 3.13 bits per heavy atom. The molecule has 2 atom stereocenters. The van der Waals surface area contributed by atoms with E-state index >= 15 is 0 Å². The summed E-state index contributed by atoms with van der Waals surface area (Å²) in [6, 6.07) is 5.02. The number of nitrogens with zero attached hydrogens (tertiary/aromatic N) is 1. The average molecular weight is 208 g/mol. The summed E-state index contributed by atoms with van der Waals surface area (Å²) in [5, 5.41) is 3.52. The number of furan rings is 1. The smallest absolute Gasteiger partial charge is 0.120 e. The second kappa shape index (κ2) is 4.81. The van der Waals surface area contributed by atoms with Crippen molar-refractivity contribution in [3.63, 3.8) is 0 Å². The summed E-state index contributed by atoms with van der Waals surface area (Å²) in [5.74, 6) is 1.05. The third-order valence-corrected chi connectivity index (χ3v) is 3.29. The summed E-state index contributed by atoms with van der Waals surface area (Å²) in [7, 11) is 2.16. The fraction of sp³-hybridized carbons (Fsp3) is 0.667. The molecule has 1 aromatic rings. The van der Waals surface area contributed by atoms with Crippen LogP contribution in [0, 0.1) is 0 Å². The third-order valence-electron chi connectivity index (χ3n) is 3.29. The van der Waals surface area contributed by atoms with Crippen LogP contribution in [-0.2, 0) is 0 Å². The first-order valence-corrected chi connectivity index (χ1v) is 5.74. The molecule has 0 amide bonds. The van der Waals surface area contributed by atoms with Gasteiger partial charge in [0.05, 0.1) is 12.3 Å². The van der Waals surface area contributed by atoms with Gasteiger partial charge in [-0.3, -0.25) is 4.90 Å². The summed E-state index contributed by atoms with van der Waals surface area (Å²) >= 11 is 0. The van der Waals surface area contributed by atoms with E-state index in [4.69, 9.17) is 4.42 Å². The summed E-state index contributed by atoms with van der Waals surface area (Å²) in [4.78, 5) is 2.35. The maximum atomic E-state index is 5.42. The van der Waals surface area contributed by atoms with Crippen LogP contribution in [0.3, 0.4) is 0 Å². The van der Waals surface area contributed by atoms with Crippen molar-refractivity contribution in [3.05, 3.63) is 24.2 Å². The highest BCUT2D eigenvalue weighted by Gasteiger charge is 2.20. The molecule has 0 saturated carbocycles. The molecule has 1 aliphatic rings. The molecule has 3 nitrogen and oxygen atoms in total. The van der Waals surface area contributed by atoms with E-state index in [9.17, 15) is 0 Å². The van der Waals surface area contributed by atoms with E-state index in [2.05, 4.69) is 24.2 Å². The van der Waals surface area contributed by atoms with E-state index < -0.39 is 0 Å². The minimum atomic E-state index is 0.363. The molecule has 15 heavy (non-hydrogen) atoms. The molecule has 0 aromatic carbocycles. The fourth-order valence-electron chi connectivity index (χ4n) is 2.16. The van der Waals surface area contributed by atoms with Gasteiger partial charge in [0.1, 0.15) is 5.76 Å². The third kappa shape index (κ3) is 2.61. The minimum absolute atomic E-state index is 0.363. The van der Waals surface area contributed by atoms with Crippen molar-refractivity contribution in [2.75, 3.05) is 20.1 Å². The summed E-state index contributed by atoms with van der Waals surface area (Å²) in [5.41, 5.74) is 0. The normalized spacial score (nSPS) is 23.5. The number of likely N-dealkylation sites (N-methyl/N-ethyl adjacent to an activating group) is 1. The van der Waals surface area contributed by atoms with Crippen molar-refractivity contribution >= 4 is 0 Å². The van der Waals surface area contributed by atoms with Crippen molar-refractivity contribution in [2.24, 2.45) is 0 Å². The van der Waals surface area contributed by atoms with Gasteiger partial charge in [0.25, 0.3) is 0 Å². The Hall–Kier alpha value is -0.800. The van der Waals surface area contributed by atoms with Crippen molar-refractivity contribution in [3.8, 4) is 0 Å². The molecule has 0 bridgehead atoms. The van der Waals surface area contributed by atoms with Gasteiger partial charge in [-0.25, -0.2) is 0 Å². The van der Waals surface area contributed by atoms with Gasteiger partial charge in [0.15, 0.2) is 0 Å². The molecule has 1 aliphatic heterocycles. The molecule has 1 fully saturated rings. The Morgan fingerprint density at radius 1 is 1.67 bits per heavy atom. The SMILES string of the molecule is C[C@@H](c1ccco1)N(C)C[C@H]1CCCN1. The van der Waals surface area contributed by atoms with Crippen LogP contribution in [0.1, 0.15) is 31.6 Å². The Balaban J connectivity index is 1.87. The van der Waals surface area contributed by atoms with Crippen LogP contribution in [0.2, 0.25) is 0 Å². The van der Waals surface area contributed by atoms with Gasteiger partial charge >= 0.3 is 0 Å². The molecule has 2 rings (SSSR count). The summed E-state index contributed by atoms with van der Waals surface area (Å²) < 4.78 is 5.42. The molecular weight excluding hydrogens is 188 g/mol. The van der Waals surface area contributed by atoms with Gasteiger partial charge in [-0.2, -0.15) is 0 Å². The van der Waals surface area contributed by atoms with Gasteiger partial charge < -0.3 is 9.73 Å². The van der Waals surface area contributed by atoms with Gasteiger partial charge in [-0.1, -0.05) is 0 Å². The molecule has 0 aliphatic carbocycles. The Bertz CT molecular complexity index is 278. The molecular formula is C12H20N2O. The zero-order valence-corrected chi connectivity index (χ0v) is 9.57. The lowest BCUT2D eigenvalue weighted by Gasteiger charge is -2.26. The quantitative estimate of drug-likeness (QED) is 0.820. The van der Waals surface area contributed by atoms with Crippen LogP contribution in [0.4, 0.5) is 0 Å². The Labute approximate surface area is 91.4 Å². The number of rotatable bonds is 4. The predicted octanol–water partition coefficient (Wildman–Crippen LogP) is 2.02. The largest absolute Gasteiger partial charge is 0.468 e. The van der Waals surface area contributed by atoms with Crippen molar-refractivity contribution in [1.82, 2.24) is 10.2 Å². The second-order valence-electron chi connectivity index (χ2n) is 4.42. The zero-order valence-electron chi connectivity index (χ0n) is 9.57. The van der Waals surface area contributed by atoms with Crippen LogP contribution in [0.15, 0.2) is 22.8 Å². The van der Waals surface area contributed by atoms with E-state index in [1.807, 2.05) is 12.1 Å². The highest BCUT2D eigenvalue weighted by atomic mass is 16.3. The van der Waals surface area contributed by atoms with E-state index in [0.717, 1.165) is 12.3 Å². The molecule has 3 heteroatoms. The molecule has 1 aromatic heterocycles. The van der Waals surface area contributed by atoms with Crippen LogP contribution < -0.4 is 5.32 Å². The van der Waals surface area contributed by atoms with Crippen molar-refractivity contribution in [1.29, 1.82) is 0 Å².